The van der Waals surface area contributed by atoms with Crippen LogP contribution in [0.1, 0.15) is 30.4 Å². The van der Waals surface area contributed by atoms with Crippen LogP contribution >= 0.6 is 0 Å². The van der Waals surface area contributed by atoms with Crippen molar-refractivity contribution in [3.05, 3.63) is 54.2 Å². The van der Waals surface area contributed by atoms with Crippen LogP contribution in [-0.2, 0) is 11.3 Å². The lowest BCUT2D eigenvalue weighted by Crippen LogP contribution is -2.42. The number of para-hydroxylation sites is 1. The summed E-state index contributed by atoms with van der Waals surface area (Å²) in [5.41, 5.74) is 2.26. The van der Waals surface area contributed by atoms with Crippen LogP contribution in [-0.4, -0.2) is 38.0 Å². The van der Waals surface area contributed by atoms with Gasteiger partial charge in [-0.2, -0.15) is 0 Å². The molecule has 1 atom stereocenters. The molecule has 1 fully saturated rings. The summed E-state index contributed by atoms with van der Waals surface area (Å²) >= 11 is 0. The second-order valence-electron chi connectivity index (χ2n) is 6.95. The van der Waals surface area contributed by atoms with E-state index >= 15 is 0 Å². The normalized spacial score (nSPS) is 18.0. The zero-order valence-corrected chi connectivity index (χ0v) is 14.9. The topological polar surface area (TPSA) is 43.1 Å². The molecular weight excluding hydrogens is 312 g/mol. The Morgan fingerprint density at radius 2 is 2.12 bits per heavy atom. The van der Waals surface area contributed by atoms with E-state index < -0.39 is 0 Å². The van der Waals surface area contributed by atoms with Crippen molar-refractivity contribution in [3.63, 3.8) is 0 Å². The monoisotopic (exact) mass is 336 g/mol. The second-order valence-corrected chi connectivity index (χ2v) is 6.95. The van der Waals surface area contributed by atoms with E-state index in [9.17, 15) is 4.79 Å². The summed E-state index contributed by atoms with van der Waals surface area (Å²) in [5, 5.41) is 1.19. The van der Waals surface area contributed by atoms with Gasteiger partial charge in [0.1, 0.15) is 12.4 Å². The predicted molar refractivity (Wildman–Crippen MR) is 98.5 cm³/mol. The van der Waals surface area contributed by atoms with E-state index in [1.165, 1.54) is 5.39 Å². The zero-order chi connectivity index (χ0) is 17.4. The van der Waals surface area contributed by atoms with Gasteiger partial charge >= 0.3 is 0 Å². The Balaban J connectivity index is 1.52. The summed E-state index contributed by atoms with van der Waals surface area (Å²) in [6.07, 6.45) is 6.01. The van der Waals surface area contributed by atoms with Crippen molar-refractivity contribution in [2.75, 3.05) is 13.1 Å². The summed E-state index contributed by atoms with van der Waals surface area (Å²) in [6, 6.07) is 10.7. The molecule has 0 aliphatic carbocycles. The Hall–Kier alpha value is -2.56. The minimum Gasteiger partial charge on any atom is -0.339 e. The molecule has 1 unspecified atom stereocenters. The summed E-state index contributed by atoms with van der Waals surface area (Å²) in [7, 11) is 0. The van der Waals surface area contributed by atoms with Crippen molar-refractivity contribution >= 4 is 16.8 Å². The number of carbonyl (C=O) groups excluding carboxylic acids is 1. The van der Waals surface area contributed by atoms with Gasteiger partial charge in [-0.25, -0.2) is 4.98 Å². The fraction of sp³-hybridized carbons (Fsp3) is 0.400. The van der Waals surface area contributed by atoms with Crippen LogP contribution in [0.5, 0.6) is 0 Å². The van der Waals surface area contributed by atoms with Crippen molar-refractivity contribution in [2.45, 2.75) is 39.3 Å². The van der Waals surface area contributed by atoms with Crippen molar-refractivity contribution in [1.82, 2.24) is 19.0 Å². The van der Waals surface area contributed by atoms with E-state index in [2.05, 4.69) is 39.2 Å². The first-order valence-corrected chi connectivity index (χ1v) is 8.95. The molecule has 0 radical (unpaired) electrons. The summed E-state index contributed by atoms with van der Waals surface area (Å²) < 4.78 is 4.33. The molecule has 0 bridgehead atoms. The van der Waals surface area contributed by atoms with Crippen LogP contribution in [0.15, 0.2) is 42.7 Å². The van der Waals surface area contributed by atoms with Crippen LogP contribution < -0.4 is 0 Å². The molecular formula is C20H24N4O. The third kappa shape index (κ3) is 2.95. The van der Waals surface area contributed by atoms with Crippen molar-refractivity contribution < 1.29 is 4.79 Å². The molecule has 1 aliphatic heterocycles. The molecule has 130 valence electrons. The Kier molecular flexibility index (Phi) is 4.07. The Labute approximate surface area is 147 Å². The van der Waals surface area contributed by atoms with Gasteiger partial charge in [-0.15, -0.1) is 0 Å². The van der Waals surface area contributed by atoms with Crippen molar-refractivity contribution in [1.29, 1.82) is 0 Å². The molecule has 4 rings (SSSR count). The summed E-state index contributed by atoms with van der Waals surface area (Å²) in [4.78, 5) is 19.3. The van der Waals surface area contributed by atoms with Crippen LogP contribution in [0, 0.1) is 13.8 Å². The highest BCUT2D eigenvalue weighted by Crippen LogP contribution is 2.24. The molecule has 1 aliphatic rings. The predicted octanol–water partition coefficient (Wildman–Crippen LogP) is 3.32. The zero-order valence-electron chi connectivity index (χ0n) is 14.9. The lowest BCUT2D eigenvalue weighted by Gasteiger charge is -2.34. The summed E-state index contributed by atoms with van der Waals surface area (Å²) in [5.74, 6) is 1.22. The van der Waals surface area contributed by atoms with Gasteiger partial charge in [-0.3, -0.25) is 4.79 Å². The molecule has 3 aromatic rings. The van der Waals surface area contributed by atoms with Crippen LogP contribution in [0.3, 0.4) is 0 Å². The first kappa shape index (κ1) is 15.9. The van der Waals surface area contributed by atoms with Crippen LogP contribution in [0.25, 0.3) is 10.9 Å². The minimum absolute atomic E-state index is 0.201. The molecule has 0 N–H and O–H groups in total. The highest BCUT2D eigenvalue weighted by molar-refractivity contribution is 5.84. The van der Waals surface area contributed by atoms with Crippen molar-refractivity contribution in [2.24, 2.45) is 0 Å². The molecule has 25 heavy (non-hydrogen) atoms. The third-order valence-electron chi connectivity index (χ3n) is 5.32. The lowest BCUT2D eigenvalue weighted by atomic mass is 10.1. The van der Waals surface area contributed by atoms with E-state index in [1.807, 2.05) is 36.4 Å². The van der Waals surface area contributed by atoms with Gasteiger partial charge in [0.2, 0.25) is 5.91 Å². The molecule has 1 aromatic carbocycles. The molecule has 0 spiro atoms. The van der Waals surface area contributed by atoms with Gasteiger partial charge in [0, 0.05) is 36.7 Å². The fourth-order valence-electron chi connectivity index (χ4n) is 3.98. The molecule has 1 amide bonds. The van der Waals surface area contributed by atoms with Gasteiger partial charge in [-0.1, -0.05) is 18.2 Å². The number of aromatic nitrogens is 3. The summed E-state index contributed by atoms with van der Waals surface area (Å²) in [6.45, 7) is 6.13. The molecule has 5 nitrogen and oxygen atoms in total. The first-order chi connectivity index (χ1) is 12.1. The fourth-order valence-corrected chi connectivity index (χ4v) is 3.98. The standard InChI is InChI=1S/C20H24N4O/c1-15-12-17-6-3-4-8-19(17)24(15)14-20(25)22-10-5-7-18(13-22)23-11-9-21-16(23)2/h3-4,6,8-9,11-12,18H,5,7,10,13-14H2,1-2H3. The molecule has 1 saturated heterocycles. The number of rotatable bonds is 3. The highest BCUT2D eigenvalue weighted by atomic mass is 16.2. The number of piperidine rings is 1. The maximum atomic E-state index is 12.9. The Morgan fingerprint density at radius 1 is 1.28 bits per heavy atom. The van der Waals surface area contributed by atoms with E-state index in [0.29, 0.717) is 12.6 Å². The highest BCUT2D eigenvalue weighted by Gasteiger charge is 2.25. The number of nitrogens with zero attached hydrogens (tertiary/aromatic N) is 4. The van der Waals surface area contributed by atoms with E-state index in [0.717, 1.165) is 43.0 Å². The maximum absolute atomic E-state index is 12.9. The van der Waals surface area contributed by atoms with E-state index in [-0.39, 0.29) is 5.91 Å². The van der Waals surface area contributed by atoms with Gasteiger partial charge in [0.15, 0.2) is 0 Å². The number of benzene rings is 1. The average Bonchev–Trinajstić information content (AvgIpc) is 3.18. The van der Waals surface area contributed by atoms with E-state index in [1.54, 1.807) is 0 Å². The molecule has 5 heteroatoms. The first-order valence-electron chi connectivity index (χ1n) is 8.95. The van der Waals surface area contributed by atoms with Crippen molar-refractivity contribution in [3.8, 4) is 0 Å². The van der Waals surface area contributed by atoms with Crippen LogP contribution in [0.2, 0.25) is 0 Å². The minimum atomic E-state index is 0.201. The number of carbonyl (C=O) groups is 1. The average molecular weight is 336 g/mol. The maximum Gasteiger partial charge on any atom is 0.242 e. The Bertz CT molecular complexity index is 907. The number of aryl methyl sites for hydroxylation is 2. The Morgan fingerprint density at radius 3 is 2.92 bits per heavy atom. The van der Waals surface area contributed by atoms with Crippen LogP contribution in [0.4, 0.5) is 0 Å². The smallest absolute Gasteiger partial charge is 0.242 e. The third-order valence-corrected chi connectivity index (χ3v) is 5.32. The quantitative estimate of drug-likeness (QED) is 0.736. The number of hydrogen-bond donors (Lipinski definition) is 0. The van der Waals surface area contributed by atoms with Gasteiger partial charge in [-0.05, 0) is 44.2 Å². The number of amides is 1. The number of hydrogen-bond acceptors (Lipinski definition) is 2. The van der Waals surface area contributed by atoms with Gasteiger partial charge in [0.05, 0.1) is 6.04 Å². The van der Waals surface area contributed by atoms with Gasteiger partial charge in [0.25, 0.3) is 0 Å². The molecule has 0 saturated carbocycles. The number of imidazole rings is 1. The van der Waals surface area contributed by atoms with Gasteiger partial charge < -0.3 is 14.0 Å². The lowest BCUT2D eigenvalue weighted by molar-refractivity contribution is -0.133. The second kappa shape index (κ2) is 6.39. The SMILES string of the molecule is Cc1nccn1C1CCCN(C(=O)Cn2c(C)cc3ccccc32)C1. The number of fused-ring (bicyclic) bond motifs is 1. The van der Waals surface area contributed by atoms with E-state index in [4.69, 9.17) is 0 Å². The number of likely N-dealkylation sites (tertiary alicyclic amines) is 1. The molecule has 2 aromatic heterocycles. The molecule has 3 heterocycles. The largest absolute Gasteiger partial charge is 0.339 e.